The number of nitrogens with one attached hydrogen (secondary N) is 1. The zero-order valence-electron chi connectivity index (χ0n) is 10.3. The second-order valence-corrected chi connectivity index (χ2v) is 4.65. The molecule has 0 saturated carbocycles. The summed E-state index contributed by atoms with van der Waals surface area (Å²) in [4.78, 5) is 10.3. The van der Waals surface area contributed by atoms with Gasteiger partial charge in [-0.05, 0) is 11.6 Å². The van der Waals surface area contributed by atoms with Gasteiger partial charge in [-0.25, -0.2) is 0 Å². The van der Waals surface area contributed by atoms with Gasteiger partial charge in [0.25, 0.3) is 5.69 Å². The van der Waals surface area contributed by atoms with E-state index in [2.05, 4.69) is 5.32 Å². The van der Waals surface area contributed by atoms with E-state index in [0.717, 1.165) is 5.56 Å². The summed E-state index contributed by atoms with van der Waals surface area (Å²) >= 11 is 5.75. The predicted molar refractivity (Wildman–Crippen MR) is 70.4 cm³/mol. The van der Waals surface area contributed by atoms with E-state index in [1.54, 1.807) is 6.07 Å². The smallest absolute Gasteiger partial charge is 0.288 e. The van der Waals surface area contributed by atoms with Crippen LogP contribution >= 0.6 is 11.6 Å². The molecule has 1 heterocycles. The molecule has 1 aromatic carbocycles. The molecule has 1 fully saturated rings. The van der Waals surface area contributed by atoms with Crippen LogP contribution in [0.3, 0.4) is 0 Å². The highest BCUT2D eigenvalue weighted by Gasteiger charge is 2.15. The third kappa shape index (κ3) is 4.14. The molecule has 6 nitrogen and oxygen atoms in total. The third-order valence-electron chi connectivity index (χ3n) is 2.79. The van der Waals surface area contributed by atoms with E-state index in [4.69, 9.17) is 21.1 Å². The largest absolute Gasteiger partial charge is 0.376 e. The molecular formula is C12H15ClN2O4. The van der Waals surface area contributed by atoms with Gasteiger partial charge in [0.2, 0.25) is 0 Å². The predicted octanol–water partition coefficient (Wildman–Crippen LogP) is 1.75. The Morgan fingerprint density at radius 3 is 3.00 bits per heavy atom. The van der Waals surface area contributed by atoms with Gasteiger partial charge in [-0.1, -0.05) is 17.7 Å². The molecule has 0 aromatic heterocycles. The van der Waals surface area contributed by atoms with Gasteiger partial charge < -0.3 is 14.8 Å². The topological polar surface area (TPSA) is 73.6 Å². The summed E-state index contributed by atoms with van der Waals surface area (Å²) in [6.07, 6.45) is 0.0380. The van der Waals surface area contributed by atoms with Crippen LogP contribution < -0.4 is 5.32 Å². The van der Waals surface area contributed by atoms with Gasteiger partial charge in [0.1, 0.15) is 5.02 Å². The van der Waals surface area contributed by atoms with Gasteiger partial charge in [0, 0.05) is 19.2 Å². The highest BCUT2D eigenvalue weighted by Crippen LogP contribution is 2.24. The van der Waals surface area contributed by atoms with Crippen molar-refractivity contribution in [1.82, 2.24) is 5.32 Å². The molecule has 1 aliphatic heterocycles. The molecule has 0 aliphatic carbocycles. The van der Waals surface area contributed by atoms with Crippen molar-refractivity contribution in [3.8, 4) is 0 Å². The number of halogens is 1. The van der Waals surface area contributed by atoms with Crippen molar-refractivity contribution in [3.63, 3.8) is 0 Å². The van der Waals surface area contributed by atoms with E-state index in [1.807, 2.05) is 0 Å². The molecule has 0 spiro atoms. The van der Waals surface area contributed by atoms with Gasteiger partial charge in [-0.15, -0.1) is 0 Å². The van der Waals surface area contributed by atoms with E-state index in [-0.39, 0.29) is 16.8 Å². The van der Waals surface area contributed by atoms with Crippen molar-refractivity contribution in [2.75, 3.05) is 26.4 Å². The summed E-state index contributed by atoms with van der Waals surface area (Å²) in [5.74, 6) is 0. The van der Waals surface area contributed by atoms with Crippen LogP contribution in [0.25, 0.3) is 0 Å². The summed E-state index contributed by atoms with van der Waals surface area (Å²) in [6, 6.07) is 4.78. The summed E-state index contributed by atoms with van der Waals surface area (Å²) < 4.78 is 10.8. The number of benzene rings is 1. The molecule has 1 aliphatic rings. The fourth-order valence-electron chi connectivity index (χ4n) is 1.84. The Labute approximate surface area is 115 Å². The lowest BCUT2D eigenvalue weighted by Crippen LogP contribution is -2.37. The highest BCUT2D eigenvalue weighted by molar-refractivity contribution is 6.32. The van der Waals surface area contributed by atoms with Crippen molar-refractivity contribution in [1.29, 1.82) is 0 Å². The first-order chi connectivity index (χ1) is 9.16. The zero-order chi connectivity index (χ0) is 13.7. The quantitative estimate of drug-likeness (QED) is 0.659. The van der Waals surface area contributed by atoms with E-state index in [0.29, 0.717) is 32.9 Å². The summed E-state index contributed by atoms with van der Waals surface area (Å²) in [5.41, 5.74) is 0.742. The van der Waals surface area contributed by atoms with Crippen LogP contribution in [0.1, 0.15) is 5.56 Å². The summed E-state index contributed by atoms with van der Waals surface area (Å²) in [7, 11) is 0. The molecule has 104 valence electrons. The van der Waals surface area contributed by atoms with Crippen LogP contribution in [0.4, 0.5) is 5.69 Å². The van der Waals surface area contributed by atoms with Gasteiger partial charge in [-0.2, -0.15) is 0 Å². The number of hydrogen-bond donors (Lipinski definition) is 1. The number of nitro benzene ring substituents is 1. The van der Waals surface area contributed by atoms with Crippen LogP contribution in [-0.4, -0.2) is 37.4 Å². The third-order valence-corrected chi connectivity index (χ3v) is 3.11. The van der Waals surface area contributed by atoms with Gasteiger partial charge in [0.05, 0.1) is 30.8 Å². The van der Waals surface area contributed by atoms with Gasteiger partial charge >= 0.3 is 0 Å². The Morgan fingerprint density at radius 2 is 2.32 bits per heavy atom. The van der Waals surface area contributed by atoms with E-state index in [9.17, 15) is 10.1 Å². The zero-order valence-corrected chi connectivity index (χ0v) is 11.1. The highest BCUT2D eigenvalue weighted by atomic mass is 35.5. The molecule has 0 bridgehead atoms. The van der Waals surface area contributed by atoms with Crippen LogP contribution in [0.15, 0.2) is 18.2 Å². The summed E-state index contributed by atoms with van der Waals surface area (Å²) in [6.45, 7) is 3.00. The van der Waals surface area contributed by atoms with Crippen LogP contribution in [0.2, 0.25) is 5.02 Å². The van der Waals surface area contributed by atoms with Gasteiger partial charge in [-0.3, -0.25) is 10.1 Å². The van der Waals surface area contributed by atoms with Crippen molar-refractivity contribution in [3.05, 3.63) is 38.9 Å². The van der Waals surface area contributed by atoms with Crippen molar-refractivity contribution < 1.29 is 14.4 Å². The maximum absolute atomic E-state index is 10.8. The molecule has 19 heavy (non-hydrogen) atoms. The minimum Gasteiger partial charge on any atom is -0.376 e. The molecule has 1 aromatic rings. The lowest BCUT2D eigenvalue weighted by atomic mass is 10.2. The maximum Gasteiger partial charge on any atom is 0.288 e. The van der Waals surface area contributed by atoms with Gasteiger partial charge in [0.15, 0.2) is 0 Å². The Bertz CT molecular complexity index is 449. The maximum atomic E-state index is 10.8. The molecule has 0 amide bonds. The van der Waals surface area contributed by atoms with Crippen LogP contribution in [0.5, 0.6) is 0 Å². The molecular weight excluding hydrogens is 272 g/mol. The van der Waals surface area contributed by atoms with Crippen molar-refractivity contribution in [2.45, 2.75) is 12.6 Å². The Kier molecular flexibility index (Phi) is 5.09. The second kappa shape index (κ2) is 6.81. The number of ether oxygens (including phenoxy) is 2. The van der Waals surface area contributed by atoms with Crippen LogP contribution in [0, 0.1) is 10.1 Å². The SMILES string of the molecule is O=[N+]([O-])c1cc(CNCC2COCCO2)ccc1Cl. The average molecular weight is 287 g/mol. The normalized spacial score (nSPS) is 19.3. The minimum absolute atomic E-state index is 0.0380. The average Bonchev–Trinajstić information content (AvgIpc) is 2.41. The lowest BCUT2D eigenvalue weighted by molar-refractivity contribution is -0.384. The monoisotopic (exact) mass is 286 g/mol. The molecule has 1 unspecified atom stereocenters. The van der Waals surface area contributed by atoms with Crippen molar-refractivity contribution in [2.24, 2.45) is 0 Å². The Morgan fingerprint density at radius 1 is 1.47 bits per heavy atom. The number of hydrogen-bond acceptors (Lipinski definition) is 5. The molecule has 2 rings (SSSR count). The Balaban J connectivity index is 1.85. The number of nitro groups is 1. The van der Waals surface area contributed by atoms with Crippen molar-refractivity contribution >= 4 is 17.3 Å². The molecule has 0 radical (unpaired) electrons. The molecule has 1 atom stereocenters. The standard InChI is InChI=1S/C12H15ClN2O4/c13-11-2-1-9(5-12(11)15(16)17)6-14-7-10-8-18-3-4-19-10/h1-2,5,10,14H,3-4,6-8H2. The molecule has 1 N–H and O–H groups in total. The number of rotatable bonds is 5. The van der Waals surface area contributed by atoms with E-state index in [1.165, 1.54) is 12.1 Å². The fourth-order valence-corrected chi connectivity index (χ4v) is 2.03. The lowest BCUT2D eigenvalue weighted by Gasteiger charge is -2.23. The fraction of sp³-hybridized carbons (Fsp3) is 0.500. The first-order valence-electron chi connectivity index (χ1n) is 5.99. The molecule has 1 saturated heterocycles. The minimum atomic E-state index is -0.482. The van der Waals surface area contributed by atoms with Crippen LogP contribution in [-0.2, 0) is 16.0 Å². The first kappa shape index (κ1) is 14.2. The second-order valence-electron chi connectivity index (χ2n) is 4.24. The molecule has 7 heteroatoms. The van der Waals surface area contributed by atoms with E-state index >= 15 is 0 Å². The summed E-state index contributed by atoms with van der Waals surface area (Å²) in [5, 5.41) is 14.1. The first-order valence-corrected chi connectivity index (χ1v) is 6.37. The number of nitrogens with zero attached hydrogens (tertiary/aromatic N) is 1. The van der Waals surface area contributed by atoms with E-state index < -0.39 is 4.92 Å². The Hall–Kier alpha value is -1.21.